The molecular weight excluding hydrogens is 164 g/mol. The van der Waals surface area contributed by atoms with Crippen LogP contribution in [-0.4, -0.2) is 28.0 Å². The second kappa shape index (κ2) is 7.08. The highest BCUT2D eigenvalue weighted by Gasteiger charge is 1.84. The first-order chi connectivity index (χ1) is 3.00. The van der Waals surface area contributed by atoms with E-state index in [0.717, 1.165) is 0 Å². The monoisotopic (exact) mass is 168 g/mol. The van der Waals surface area contributed by atoms with Crippen LogP contribution >= 0.6 is 12.4 Å². The van der Waals surface area contributed by atoms with Gasteiger partial charge in [-0.15, -0.1) is 12.4 Å². The molecule has 4 N–H and O–H groups in total. The van der Waals surface area contributed by atoms with Crippen LogP contribution < -0.4 is 0 Å². The van der Waals surface area contributed by atoms with Crippen LogP contribution in [-0.2, 0) is 10.4 Å². The highest BCUT2D eigenvalue weighted by Crippen LogP contribution is 1.59. The standard InChI is InChI=1S/ClH.H2O4S.H2O2/c;1-5(2,3)4;1-2/h1H;(H2,1,2,3,4);1-2H. The van der Waals surface area contributed by atoms with Crippen LogP contribution in [0.1, 0.15) is 0 Å². The van der Waals surface area contributed by atoms with E-state index in [1.54, 1.807) is 0 Å². The van der Waals surface area contributed by atoms with Gasteiger partial charge in [0.2, 0.25) is 0 Å². The molecule has 8 heavy (non-hydrogen) atoms. The average Bonchev–Trinajstić information content (AvgIpc) is 1.36. The Labute approximate surface area is 51.7 Å². The van der Waals surface area contributed by atoms with Crippen LogP contribution in [0, 0.1) is 0 Å². The summed E-state index contributed by atoms with van der Waals surface area (Å²) >= 11 is 0. The Morgan fingerprint density at radius 1 is 1.00 bits per heavy atom. The summed E-state index contributed by atoms with van der Waals surface area (Å²) in [7, 11) is -4.67. The molecule has 0 radical (unpaired) electrons. The fourth-order valence-electron chi connectivity index (χ4n) is 0. The first kappa shape index (κ1) is 15.7. The first-order valence-electron chi connectivity index (χ1n) is 0.898. The second-order valence-corrected chi connectivity index (χ2v) is 1.34. The maximum Gasteiger partial charge on any atom is 0.394 e. The number of hydrogen-bond acceptors (Lipinski definition) is 4. The van der Waals surface area contributed by atoms with E-state index in [0.29, 0.717) is 0 Å². The Bertz CT molecular complexity index is 91.7. The Morgan fingerprint density at radius 3 is 1.00 bits per heavy atom. The van der Waals surface area contributed by atoms with E-state index in [-0.39, 0.29) is 12.4 Å². The molecular formula is H5ClO6S. The number of hydrogen-bond donors (Lipinski definition) is 4. The van der Waals surface area contributed by atoms with Crippen molar-refractivity contribution in [1.29, 1.82) is 0 Å². The fraction of sp³-hybridized carbons (Fsp3) is 0. The van der Waals surface area contributed by atoms with Gasteiger partial charge >= 0.3 is 10.4 Å². The van der Waals surface area contributed by atoms with E-state index in [1.165, 1.54) is 0 Å². The van der Waals surface area contributed by atoms with E-state index in [2.05, 4.69) is 0 Å². The van der Waals surface area contributed by atoms with Gasteiger partial charge in [-0.2, -0.15) is 8.42 Å². The van der Waals surface area contributed by atoms with Gasteiger partial charge < -0.3 is 0 Å². The highest BCUT2D eigenvalue weighted by atomic mass is 35.5. The minimum Gasteiger partial charge on any atom is -0.264 e. The van der Waals surface area contributed by atoms with Crippen molar-refractivity contribution in [2.45, 2.75) is 0 Å². The average molecular weight is 169 g/mol. The zero-order chi connectivity index (χ0) is 6.50. The summed E-state index contributed by atoms with van der Waals surface area (Å²) in [5, 5.41) is 12.0. The van der Waals surface area contributed by atoms with Crippen molar-refractivity contribution in [2.24, 2.45) is 0 Å². The molecule has 54 valence electrons. The molecule has 6 nitrogen and oxygen atoms in total. The Morgan fingerprint density at radius 2 is 1.00 bits per heavy atom. The fourth-order valence-corrected chi connectivity index (χ4v) is 0. The van der Waals surface area contributed by atoms with Crippen molar-refractivity contribution in [3.05, 3.63) is 0 Å². The molecule has 8 heteroatoms. The lowest BCUT2D eigenvalue weighted by atomic mass is 15.0. The molecule has 0 amide bonds. The van der Waals surface area contributed by atoms with Crippen LogP contribution in [0.2, 0.25) is 0 Å². The molecule has 0 aliphatic carbocycles. The van der Waals surface area contributed by atoms with Crippen LogP contribution in [0.3, 0.4) is 0 Å². The first-order valence-corrected chi connectivity index (χ1v) is 2.30. The second-order valence-electron chi connectivity index (χ2n) is 0.448. The third-order valence-electron chi connectivity index (χ3n) is 0. The molecule has 0 fully saturated rings. The van der Waals surface area contributed by atoms with Gasteiger partial charge in [0.25, 0.3) is 0 Å². The number of halogens is 1. The van der Waals surface area contributed by atoms with Gasteiger partial charge in [-0.3, -0.25) is 19.6 Å². The van der Waals surface area contributed by atoms with E-state index in [1.807, 2.05) is 0 Å². The Balaban J connectivity index is -0.0000000750. The SMILES string of the molecule is Cl.O=S(=O)(O)O.OO. The van der Waals surface area contributed by atoms with Crippen LogP contribution in [0.5, 0.6) is 0 Å². The molecule has 0 saturated carbocycles. The molecule has 0 heterocycles. The quantitative estimate of drug-likeness (QED) is 0.226. The van der Waals surface area contributed by atoms with Crippen molar-refractivity contribution in [2.75, 3.05) is 0 Å². The predicted octanol–water partition coefficient (Wildman–Crippen LogP) is -0.214. The van der Waals surface area contributed by atoms with Gasteiger partial charge in [0.1, 0.15) is 0 Å². The van der Waals surface area contributed by atoms with Gasteiger partial charge in [0.05, 0.1) is 0 Å². The normalized spacial score (nSPS) is 8.00. The van der Waals surface area contributed by atoms with Crippen LogP contribution in [0.4, 0.5) is 0 Å². The summed E-state index contributed by atoms with van der Waals surface area (Å²) in [6, 6.07) is 0. The third-order valence-corrected chi connectivity index (χ3v) is 0. The lowest BCUT2D eigenvalue weighted by Gasteiger charge is -1.68. The Hall–Kier alpha value is 0.0800. The van der Waals surface area contributed by atoms with E-state index >= 15 is 0 Å². The van der Waals surface area contributed by atoms with Crippen molar-refractivity contribution in [3.8, 4) is 0 Å². The molecule has 0 bridgehead atoms. The zero-order valence-corrected chi connectivity index (χ0v) is 5.05. The van der Waals surface area contributed by atoms with E-state index in [9.17, 15) is 0 Å². The van der Waals surface area contributed by atoms with Gasteiger partial charge in [-0.25, -0.2) is 0 Å². The molecule has 0 aromatic heterocycles. The summed E-state index contributed by atoms with van der Waals surface area (Å²) in [5.74, 6) is 0. The van der Waals surface area contributed by atoms with Gasteiger partial charge in [0, 0.05) is 0 Å². The van der Waals surface area contributed by atoms with Crippen molar-refractivity contribution in [1.82, 2.24) is 0 Å². The lowest BCUT2D eigenvalue weighted by molar-refractivity contribution is -0.176. The summed E-state index contributed by atoms with van der Waals surface area (Å²) in [4.78, 5) is 0. The van der Waals surface area contributed by atoms with Crippen LogP contribution in [0.15, 0.2) is 0 Å². The van der Waals surface area contributed by atoms with Crippen molar-refractivity contribution in [3.63, 3.8) is 0 Å². The van der Waals surface area contributed by atoms with Crippen molar-refractivity contribution >= 4 is 22.8 Å². The molecule has 0 aliphatic rings. The molecule has 0 aromatic rings. The maximum atomic E-state index is 8.74. The summed E-state index contributed by atoms with van der Waals surface area (Å²) in [6.07, 6.45) is 0. The third kappa shape index (κ3) is 24500. The van der Waals surface area contributed by atoms with Gasteiger partial charge in [-0.1, -0.05) is 0 Å². The predicted molar refractivity (Wildman–Crippen MR) is 26.7 cm³/mol. The topological polar surface area (TPSA) is 115 Å². The summed E-state index contributed by atoms with van der Waals surface area (Å²) in [5.41, 5.74) is 0. The minimum absolute atomic E-state index is 0. The smallest absolute Gasteiger partial charge is 0.264 e. The molecule has 0 atom stereocenters. The molecule has 0 spiro atoms. The van der Waals surface area contributed by atoms with Crippen molar-refractivity contribution < 1.29 is 28.0 Å². The maximum absolute atomic E-state index is 8.74. The Kier molecular flexibility index (Phi) is 13.9. The minimum atomic E-state index is -4.67. The molecule has 0 rings (SSSR count). The molecule has 0 aliphatic heterocycles. The molecule has 0 unspecified atom stereocenters. The summed E-state index contributed by atoms with van der Waals surface area (Å²) in [6.45, 7) is 0. The number of rotatable bonds is 0. The molecule has 0 aromatic carbocycles. The highest BCUT2D eigenvalue weighted by molar-refractivity contribution is 7.79. The van der Waals surface area contributed by atoms with E-state index < -0.39 is 10.4 Å². The summed E-state index contributed by atoms with van der Waals surface area (Å²) < 4.78 is 31.6. The zero-order valence-electron chi connectivity index (χ0n) is 3.42. The molecule has 0 saturated heterocycles. The largest absolute Gasteiger partial charge is 0.394 e. The van der Waals surface area contributed by atoms with Gasteiger partial charge in [0.15, 0.2) is 0 Å². The van der Waals surface area contributed by atoms with Crippen LogP contribution in [0.25, 0.3) is 0 Å². The lowest BCUT2D eigenvalue weighted by Crippen LogP contribution is -1.89. The van der Waals surface area contributed by atoms with Gasteiger partial charge in [-0.05, 0) is 0 Å². The van der Waals surface area contributed by atoms with E-state index in [4.69, 9.17) is 28.0 Å².